The molecule has 1 aromatic heterocycles. The normalized spacial score (nSPS) is 19.9. The van der Waals surface area contributed by atoms with Gasteiger partial charge in [-0.3, -0.25) is 0 Å². The number of ether oxygens (including phenoxy) is 1. The van der Waals surface area contributed by atoms with E-state index in [9.17, 15) is 0 Å². The molecule has 1 aromatic rings. The van der Waals surface area contributed by atoms with Gasteiger partial charge in [0.25, 0.3) is 0 Å². The van der Waals surface area contributed by atoms with Crippen molar-refractivity contribution in [2.24, 2.45) is 0 Å². The Kier molecular flexibility index (Phi) is 4.38. The molecule has 4 heteroatoms. The van der Waals surface area contributed by atoms with E-state index in [1.165, 1.54) is 44.9 Å². The van der Waals surface area contributed by atoms with Gasteiger partial charge in [-0.2, -0.15) is 4.98 Å². The van der Waals surface area contributed by atoms with Crippen molar-refractivity contribution in [2.75, 3.05) is 11.9 Å². The molecule has 0 spiro atoms. The van der Waals surface area contributed by atoms with E-state index in [1.807, 2.05) is 6.07 Å². The first-order valence-corrected chi connectivity index (χ1v) is 8.13. The van der Waals surface area contributed by atoms with Crippen molar-refractivity contribution in [3.8, 4) is 5.88 Å². The summed E-state index contributed by atoms with van der Waals surface area (Å²) in [6.07, 6.45) is 10.0. The fourth-order valence-corrected chi connectivity index (χ4v) is 2.78. The summed E-state index contributed by atoms with van der Waals surface area (Å²) in [5, 5.41) is 3.59. The smallest absolute Gasteiger partial charge is 0.218 e. The third-order valence-electron chi connectivity index (χ3n) is 4.07. The number of hydrogen-bond acceptors (Lipinski definition) is 4. The van der Waals surface area contributed by atoms with E-state index in [-0.39, 0.29) is 0 Å². The predicted octanol–water partition coefficient (Wildman–Crippen LogP) is 3.89. The van der Waals surface area contributed by atoms with E-state index in [1.54, 1.807) is 0 Å². The van der Waals surface area contributed by atoms with Crippen LogP contribution in [-0.2, 0) is 0 Å². The topological polar surface area (TPSA) is 47.0 Å². The first kappa shape index (κ1) is 13.7. The highest BCUT2D eigenvalue weighted by Crippen LogP contribution is 2.39. The summed E-state index contributed by atoms with van der Waals surface area (Å²) in [6.45, 7) is 2.84. The Morgan fingerprint density at radius 1 is 1.15 bits per heavy atom. The minimum atomic E-state index is 0.562. The Hall–Kier alpha value is -1.32. The number of nitrogens with zero attached hydrogens (tertiary/aromatic N) is 2. The molecule has 0 aliphatic heterocycles. The van der Waals surface area contributed by atoms with Crippen molar-refractivity contribution in [3.05, 3.63) is 11.9 Å². The zero-order valence-electron chi connectivity index (χ0n) is 12.4. The Bertz CT molecular complexity index is 439. The molecule has 1 N–H and O–H groups in total. The molecule has 4 nitrogen and oxygen atoms in total. The van der Waals surface area contributed by atoms with Crippen LogP contribution in [0.2, 0.25) is 0 Å². The molecule has 2 aliphatic rings. The molecule has 2 saturated carbocycles. The summed E-state index contributed by atoms with van der Waals surface area (Å²) in [6, 6.07) is 2.54. The summed E-state index contributed by atoms with van der Waals surface area (Å²) in [5.74, 6) is 3.23. The number of rotatable bonds is 6. The molecule has 0 radical (unpaired) electrons. The monoisotopic (exact) mass is 275 g/mol. The molecule has 20 heavy (non-hydrogen) atoms. The lowest BCUT2D eigenvalue weighted by molar-refractivity contribution is 0.303. The predicted molar refractivity (Wildman–Crippen MR) is 80.3 cm³/mol. The summed E-state index contributed by atoms with van der Waals surface area (Å²) >= 11 is 0. The average molecular weight is 275 g/mol. The standard InChI is InChI=1S/C16H25N3O/c1-2-10-20-15-11-14(17-13-6-4-3-5-7-13)18-16(19-15)12-8-9-12/h11-13H,2-10H2,1H3,(H,17,18,19). The lowest BCUT2D eigenvalue weighted by Crippen LogP contribution is -2.23. The van der Waals surface area contributed by atoms with E-state index < -0.39 is 0 Å². The molecule has 110 valence electrons. The van der Waals surface area contributed by atoms with Gasteiger partial charge in [-0.15, -0.1) is 0 Å². The summed E-state index contributed by atoms with van der Waals surface area (Å²) < 4.78 is 5.71. The van der Waals surface area contributed by atoms with Crippen molar-refractivity contribution in [3.63, 3.8) is 0 Å². The van der Waals surface area contributed by atoms with Crippen LogP contribution in [0.1, 0.15) is 70.0 Å². The molecular weight excluding hydrogens is 250 g/mol. The van der Waals surface area contributed by atoms with Gasteiger partial charge in [0.1, 0.15) is 11.6 Å². The molecule has 0 bridgehead atoms. The van der Waals surface area contributed by atoms with Gasteiger partial charge in [-0.25, -0.2) is 4.98 Å². The van der Waals surface area contributed by atoms with Crippen molar-refractivity contribution >= 4 is 5.82 Å². The highest BCUT2D eigenvalue weighted by molar-refractivity contribution is 5.40. The highest BCUT2D eigenvalue weighted by Gasteiger charge is 2.28. The summed E-state index contributed by atoms with van der Waals surface area (Å²) in [4.78, 5) is 9.25. The fourth-order valence-electron chi connectivity index (χ4n) is 2.78. The first-order valence-electron chi connectivity index (χ1n) is 8.13. The van der Waals surface area contributed by atoms with Gasteiger partial charge in [0.2, 0.25) is 5.88 Å². The number of anilines is 1. The molecule has 0 atom stereocenters. The van der Waals surface area contributed by atoms with Crippen LogP contribution in [0.4, 0.5) is 5.82 Å². The summed E-state index contributed by atoms with van der Waals surface area (Å²) in [7, 11) is 0. The fraction of sp³-hybridized carbons (Fsp3) is 0.750. The van der Waals surface area contributed by atoms with Gasteiger partial charge >= 0.3 is 0 Å². The quantitative estimate of drug-likeness (QED) is 0.855. The number of aromatic nitrogens is 2. The highest BCUT2D eigenvalue weighted by atomic mass is 16.5. The lowest BCUT2D eigenvalue weighted by Gasteiger charge is -2.23. The second kappa shape index (κ2) is 6.42. The molecule has 3 rings (SSSR count). The largest absolute Gasteiger partial charge is 0.478 e. The van der Waals surface area contributed by atoms with Crippen LogP contribution in [0.15, 0.2) is 6.07 Å². The maximum absolute atomic E-state index is 5.71. The van der Waals surface area contributed by atoms with E-state index in [0.29, 0.717) is 12.0 Å². The van der Waals surface area contributed by atoms with Crippen molar-refractivity contribution < 1.29 is 4.74 Å². The SMILES string of the molecule is CCCOc1cc(NC2CCCCC2)nc(C2CC2)n1. The van der Waals surface area contributed by atoms with E-state index in [2.05, 4.69) is 17.2 Å². The van der Waals surface area contributed by atoms with Crippen molar-refractivity contribution in [1.29, 1.82) is 0 Å². The lowest BCUT2D eigenvalue weighted by atomic mass is 9.95. The van der Waals surface area contributed by atoms with Crippen molar-refractivity contribution in [1.82, 2.24) is 9.97 Å². The molecule has 2 fully saturated rings. The Labute approximate surface area is 121 Å². The molecule has 0 saturated heterocycles. The zero-order valence-corrected chi connectivity index (χ0v) is 12.4. The van der Waals surface area contributed by atoms with E-state index >= 15 is 0 Å². The van der Waals surface area contributed by atoms with Crippen LogP contribution < -0.4 is 10.1 Å². The molecule has 0 amide bonds. The minimum Gasteiger partial charge on any atom is -0.478 e. The number of nitrogens with one attached hydrogen (secondary N) is 1. The average Bonchev–Trinajstić information content (AvgIpc) is 3.31. The Morgan fingerprint density at radius 3 is 2.65 bits per heavy atom. The van der Waals surface area contributed by atoms with Crippen LogP contribution in [0.25, 0.3) is 0 Å². The van der Waals surface area contributed by atoms with Crippen LogP contribution in [0.3, 0.4) is 0 Å². The van der Waals surface area contributed by atoms with Gasteiger partial charge < -0.3 is 10.1 Å². The molecule has 2 aliphatic carbocycles. The van der Waals surface area contributed by atoms with Crippen LogP contribution in [-0.4, -0.2) is 22.6 Å². The van der Waals surface area contributed by atoms with Gasteiger partial charge in [-0.1, -0.05) is 26.2 Å². The van der Waals surface area contributed by atoms with E-state index in [0.717, 1.165) is 30.5 Å². The second-order valence-electron chi connectivity index (χ2n) is 6.05. The van der Waals surface area contributed by atoms with Crippen LogP contribution in [0.5, 0.6) is 5.88 Å². The molecular formula is C16H25N3O. The third-order valence-corrected chi connectivity index (χ3v) is 4.07. The molecule has 0 unspecified atom stereocenters. The van der Waals surface area contributed by atoms with Gasteiger partial charge in [0, 0.05) is 18.0 Å². The van der Waals surface area contributed by atoms with Gasteiger partial charge in [0.15, 0.2) is 0 Å². The van der Waals surface area contributed by atoms with Gasteiger partial charge in [0.05, 0.1) is 6.61 Å². The summed E-state index contributed by atoms with van der Waals surface area (Å²) in [5.41, 5.74) is 0. The Morgan fingerprint density at radius 2 is 1.95 bits per heavy atom. The van der Waals surface area contributed by atoms with Gasteiger partial charge in [-0.05, 0) is 32.1 Å². The maximum atomic E-state index is 5.71. The van der Waals surface area contributed by atoms with Crippen LogP contribution in [0, 0.1) is 0 Å². The third kappa shape index (κ3) is 3.62. The Balaban J connectivity index is 1.71. The number of hydrogen-bond donors (Lipinski definition) is 1. The zero-order chi connectivity index (χ0) is 13.8. The van der Waals surface area contributed by atoms with Crippen molar-refractivity contribution in [2.45, 2.75) is 70.3 Å². The van der Waals surface area contributed by atoms with E-state index in [4.69, 9.17) is 9.72 Å². The molecule has 1 heterocycles. The maximum Gasteiger partial charge on any atom is 0.218 e. The minimum absolute atomic E-state index is 0.562. The molecule has 0 aromatic carbocycles. The first-order chi connectivity index (χ1) is 9.85. The van der Waals surface area contributed by atoms with Crippen LogP contribution >= 0.6 is 0 Å². The second-order valence-corrected chi connectivity index (χ2v) is 6.05.